The van der Waals surface area contributed by atoms with E-state index in [1.54, 1.807) is 0 Å². The summed E-state index contributed by atoms with van der Waals surface area (Å²) in [5.41, 5.74) is 1.45. The molecule has 0 aliphatic carbocycles. The van der Waals surface area contributed by atoms with Crippen LogP contribution in [0.2, 0.25) is 10.0 Å². The summed E-state index contributed by atoms with van der Waals surface area (Å²) >= 11 is 12.4. The summed E-state index contributed by atoms with van der Waals surface area (Å²) in [6.07, 6.45) is 2.03. The largest absolute Gasteiger partial charge is 0.312 e. The second-order valence-corrected chi connectivity index (χ2v) is 7.44. The maximum absolute atomic E-state index is 6.29. The lowest BCUT2D eigenvalue weighted by atomic mass is 9.80. The molecule has 1 unspecified atom stereocenters. The van der Waals surface area contributed by atoms with Crippen LogP contribution < -0.4 is 5.32 Å². The number of benzene rings is 1. The van der Waals surface area contributed by atoms with Crippen molar-refractivity contribution in [3.05, 3.63) is 33.8 Å². The zero-order chi connectivity index (χ0) is 14.7. The molecule has 0 aromatic heterocycles. The molecule has 0 saturated heterocycles. The van der Waals surface area contributed by atoms with Crippen molar-refractivity contribution in [2.24, 2.45) is 5.41 Å². The lowest BCUT2D eigenvalue weighted by Gasteiger charge is -2.33. The molecule has 0 spiro atoms. The van der Waals surface area contributed by atoms with E-state index in [0.717, 1.165) is 24.9 Å². The normalized spacial score (nSPS) is 15.3. The van der Waals surface area contributed by atoms with E-state index in [9.17, 15) is 0 Å². The van der Waals surface area contributed by atoms with Crippen molar-refractivity contribution in [2.45, 2.75) is 53.0 Å². The van der Waals surface area contributed by atoms with Crippen molar-refractivity contribution in [1.29, 1.82) is 0 Å². The molecule has 1 nitrogen and oxygen atoms in total. The summed E-state index contributed by atoms with van der Waals surface area (Å²) < 4.78 is 0. The van der Waals surface area contributed by atoms with E-state index in [2.05, 4.69) is 46.0 Å². The van der Waals surface area contributed by atoms with Gasteiger partial charge in [-0.15, -0.1) is 0 Å². The van der Waals surface area contributed by atoms with Gasteiger partial charge in [-0.1, -0.05) is 49.2 Å². The Morgan fingerprint density at radius 1 is 1.11 bits per heavy atom. The average molecular weight is 302 g/mol. The Labute approximate surface area is 127 Å². The van der Waals surface area contributed by atoms with E-state index in [4.69, 9.17) is 23.2 Å². The van der Waals surface area contributed by atoms with Crippen LogP contribution in [0.1, 0.15) is 46.6 Å². The van der Waals surface area contributed by atoms with Crippen LogP contribution in [-0.4, -0.2) is 12.1 Å². The highest BCUT2D eigenvalue weighted by atomic mass is 35.5. The highest BCUT2D eigenvalue weighted by molar-refractivity contribution is 6.42. The number of hydrogen-bond acceptors (Lipinski definition) is 1. The topological polar surface area (TPSA) is 12.0 Å². The minimum Gasteiger partial charge on any atom is -0.312 e. The van der Waals surface area contributed by atoms with Crippen LogP contribution in [0.15, 0.2) is 18.2 Å². The van der Waals surface area contributed by atoms with Crippen LogP contribution in [0.4, 0.5) is 0 Å². The Balaban J connectivity index is 2.83. The van der Waals surface area contributed by atoms with Crippen LogP contribution in [0.5, 0.6) is 0 Å². The smallest absolute Gasteiger partial charge is 0.0624 e. The van der Waals surface area contributed by atoms with E-state index in [0.29, 0.717) is 10.0 Å². The SMILES string of the molecule is CCC(C)(CNC(C)(C)C)Cc1cccc(Cl)c1Cl. The molecule has 0 heterocycles. The van der Waals surface area contributed by atoms with Gasteiger partial charge in [-0.3, -0.25) is 0 Å². The van der Waals surface area contributed by atoms with Gasteiger partial charge in [-0.2, -0.15) is 0 Å². The van der Waals surface area contributed by atoms with Gasteiger partial charge in [-0.05, 0) is 50.7 Å². The van der Waals surface area contributed by atoms with Crippen molar-refractivity contribution in [3.8, 4) is 0 Å². The van der Waals surface area contributed by atoms with E-state index >= 15 is 0 Å². The first-order valence-corrected chi connectivity index (χ1v) is 7.60. The second kappa shape index (κ2) is 6.47. The predicted octanol–water partition coefficient (Wildman–Crippen LogP) is 5.34. The van der Waals surface area contributed by atoms with Crippen molar-refractivity contribution in [3.63, 3.8) is 0 Å². The first-order chi connectivity index (χ1) is 8.67. The number of rotatable bonds is 5. The molecule has 1 N–H and O–H groups in total. The Morgan fingerprint density at radius 3 is 2.26 bits per heavy atom. The third-order valence-electron chi connectivity index (χ3n) is 3.55. The minimum atomic E-state index is 0.133. The molecular formula is C16H25Cl2N. The molecule has 0 saturated carbocycles. The van der Waals surface area contributed by atoms with Crippen LogP contribution in [0.25, 0.3) is 0 Å². The van der Waals surface area contributed by atoms with Gasteiger partial charge < -0.3 is 5.32 Å². The van der Waals surface area contributed by atoms with Crippen molar-refractivity contribution < 1.29 is 0 Å². The van der Waals surface area contributed by atoms with Crippen LogP contribution >= 0.6 is 23.2 Å². The summed E-state index contributed by atoms with van der Waals surface area (Å²) in [5.74, 6) is 0. The first-order valence-electron chi connectivity index (χ1n) is 6.85. The highest BCUT2D eigenvalue weighted by Gasteiger charge is 2.25. The Morgan fingerprint density at radius 2 is 1.74 bits per heavy atom. The maximum Gasteiger partial charge on any atom is 0.0624 e. The average Bonchev–Trinajstić information content (AvgIpc) is 2.32. The zero-order valence-corrected chi connectivity index (χ0v) is 14.1. The predicted molar refractivity (Wildman–Crippen MR) is 86.3 cm³/mol. The first kappa shape index (κ1) is 16.8. The van der Waals surface area contributed by atoms with Gasteiger partial charge in [-0.25, -0.2) is 0 Å². The molecule has 1 aromatic rings. The molecule has 1 rings (SSSR count). The Bertz CT molecular complexity index is 423. The molecule has 0 aliphatic rings. The highest BCUT2D eigenvalue weighted by Crippen LogP contribution is 2.33. The van der Waals surface area contributed by atoms with Gasteiger partial charge >= 0.3 is 0 Å². The third kappa shape index (κ3) is 5.33. The molecule has 0 amide bonds. The van der Waals surface area contributed by atoms with E-state index in [-0.39, 0.29) is 11.0 Å². The number of halogens is 2. The fourth-order valence-corrected chi connectivity index (χ4v) is 2.32. The van der Waals surface area contributed by atoms with Crippen molar-refractivity contribution in [2.75, 3.05) is 6.54 Å². The van der Waals surface area contributed by atoms with Crippen molar-refractivity contribution >= 4 is 23.2 Å². The summed E-state index contributed by atoms with van der Waals surface area (Å²) in [4.78, 5) is 0. The van der Waals surface area contributed by atoms with Crippen LogP contribution in [-0.2, 0) is 6.42 Å². The van der Waals surface area contributed by atoms with Crippen molar-refractivity contribution in [1.82, 2.24) is 5.32 Å². The summed E-state index contributed by atoms with van der Waals surface area (Å²) in [6.45, 7) is 12.1. The molecule has 3 heteroatoms. The molecule has 0 aliphatic heterocycles. The fourth-order valence-electron chi connectivity index (χ4n) is 1.94. The molecule has 19 heavy (non-hydrogen) atoms. The molecule has 0 fully saturated rings. The summed E-state index contributed by atoms with van der Waals surface area (Å²) in [6, 6.07) is 5.88. The minimum absolute atomic E-state index is 0.133. The number of hydrogen-bond donors (Lipinski definition) is 1. The summed E-state index contributed by atoms with van der Waals surface area (Å²) in [7, 11) is 0. The van der Waals surface area contributed by atoms with Gasteiger partial charge in [0.2, 0.25) is 0 Å². The molecule has 1 aromatic carbocycles. The fraction of sp³-hybridized carbons (Fsp3) is 0.625. The molecule has 108 valence electrons. The van der Waals surface area contributed by atoms with E-state index in [1.807, 2.05) is 12.1 Å². The molecule has 1 atom stereocenters. The lowest BCUT2D eigenvalue weighted by molar-refractivity contribution is 0.255. The Hall–Kier alpha value is -0.240. The van der Waals surface area contributed by atoms with Gasteiger partial charge in [0.25, 0.3) is 0 Å². The third-order valence-corrected chi connectivity index (χ3v) is 4.41. The van der Waals surface area contributed by atoms with E-state index in [1.165, 1.54) is 0 Å². The quantitative estimate of drug-likeness (QED) is 0.774. The lowest BCUT2D eigenvalue weighted by Crippen LogP contribution is -2.43. The van der Waals surface area contributed by atoms with Crippen LogP contribution in [0, 0.1) is 5.41 Å². The molecule has 0 bridgehead atoms. The Kier molecular flexibility index (Phi) is 5.73. The van der Waals surface area contributed by atoms with Gasteiger partial charge in [0.1, 0.15) is 0 Å². The maximum atomic E-state index is 6.29. The van der Waals surface area contributed by atoms with Gasteiger partial charge in [0.15, 0.2) is 0 Å². The second-order valence-electron chi connectivity index (χ2n) is 6.66. The molecular weight excluding hydrogens is 277 g/mol. The van der Waals surface area contributed by atoms with Gasteiger partial charge in [0, 0.05) is 12.1 Å². The number of nitrogens with one attached hydrogen (secondary N) is 1. The standard InChI is InChI=1S/C16H25Cl2N/c1-6-16(5,11-19-15(2,3)4)10-12-8-7-9-13(17)14(12)18/h7-9,19H,6,10-11H2,1-5H3. The zero-order valence-electron chi connectivity index (χ0n) is 12.6. The monoisotopic (exact) mass is 301 g/mol. The van der Waals surface area contributed by atoms with Crippen LogP contribution in [0.3, 0.4) is 0 Å². The molecule has 0 radical (unpaired) electrons. The summed E-state index contributed by atoms with van der Waals surface area (Å²) in [5, 5.41) is 4.93. The van der Waals surface area contributed by atoms with E-state index < -0.39 is 0 Å². The van der Waals surface area contributed by atoms with Gasteiger partial charge in [0.05, 0.1) is 10.0 Å².